The van der Waals surface area contributed by atoms with Crippen molar-refractivity contribution in [2.24, 2.45) is 0 Å². The maximum absolute atomic E-state index is 0. The largest absolute Gasteiger partial charge is 3.00 e. The van der Waals surface area contributed by atoms with Gasteiger partial charge in [0.2, 0.25) is 0 Å². The van der Waals surface area contributed by atoms with Crippen LogP contribution in [0.5, 0.6) is 0 Å². The van der Waals surface area contributed by atoms with Crippen LogP contribution in [0.1, 0.15) is 0 Å². The Bertz CT molecular complexity index is 13.0. The molecular formula is C3H21O6Yb. The van der Waals surface area contributed by atoms with Gasteiger partial charge in [-0.25, -0.2) is 0 Å². The molecule has 12 N–H and O–H groups in total. The molecule has 0 bridgehead atoms. The minimum Gasteiger partial charge on any atom is -0.412 e. The molecule has 7 heteroatoms. The second-order valence-electron chi connectivity index (χ2n) is 0. The molecule has 0 aliphatic rings. The van der Waals surface area contributed by atoms with E-state index in [-0.39, 0.29) is 102 Å². The second-order valence-corrected chi connectivity index (χ2v) is 0. The standard InChI is InChI=1S/3CH3.6H2O.Yb/h3*1H3;6*1H2;/q3*-1;;;;;;;+3. The summed E-state index contributed by atoms with van der Waals surface area (Å²) in [7, 11) is 0. The molecule has 0 aromatic carbocycles. The van der Waals surface area contributed by atoms with Crippen LogP contribution >= 0.6 is 0 Å². The van der Waals surface area contributed by atoms with Gasteiger partial charge in [0.05, 0.1) is 0 Å². The Morgan fingerprint density at radius 1 is 0.300 bits per heavy atom. The molecule has 0 rings (SSSR count). The first-order valence-corrected chi connectivity index (χ1v) is 0. The third-order valence-electron chi connectivity index (χ3n) is 0. The molecule has 0 fully saturated rings. The van der Waals surface area contributed by atoms with Crippen molar-refractivity contribution in [2.45, 2.75) is 0 Å². The topological polar surface area (TPSA) is 189 Å². The molecule has 0 amide bonds. The van der Waals surface area contributed by atoms with E-state index in [1.54, 1.807) is 0 Å². The first-order valence-electron chi connectivity index (χ1n) is 0. The summed E-state index contributed by atoms with van der Waals surface area (Å²) < 4.78 is 0. The number of hydrogen-bond acceptors (Lipinski definition) is 0. The van der Waals surface area contributed by atoms with Crippen molar-refractivity contribution < 1.29 is 79.8 Å². The summed E-state index contributed by atoms with van der Waals surface area (Å²) >= 11 is 0. The molecule has 0 aromatic heterocycles. The van der Waals surface area contributed by atoms with Crippen LogP contribution in [-0.4, -0.2) is 32.9 Å². The van der Waals surface area contributed by atoms with Crippen LogP contribution in [0.15, 0.2) is 0 Å². The van der Waals surface area contributed by atoms with Gasteiger partial charge in [-0.2, -0.15) is 0 Å². The molecule has 0 aliphatic heterocycles. The summed E-state index contributed by atoms with van der Waals surface area (Å²) in [4.78, 5) is 0. The fourth-order valence-corrected chi connectivity index (χ4v) is 0. The summed E-state index contributed by atoms with van der Waals surface area (Å²) in [5.41, 5.74) is 0. The van der Waals surface area contributed by atoms with Gasteiger partial charge in [-0.1, -0.05) is 0 Å². The third-order valence-corrected chi connectivity index (χ3v) is 0. The van der Waals surface area contributed by atoms with Gasteiger partial charge in [0.15, 0.2) is 0 Å². The Balaban J connectivity index is 0. The van der Waals surface area contributed by atoms with Gasteiger partial charge in [0.25, 0.3) is 0 Å². The maximum atomic E-state index is 0. The predicted molar refractivity (Wildman–Crippen MR) is 40.9 cm³/mol. The van der Waals surface area contributed by atoms with Crippen LogP contribution in [0.4, 0.5) is 0 Å². The van der Waals surface area contributed by atoms with Gasteiger partial charge in [0.1, 0.15) is 0 Å². The molecule has 0 heterocycles. The average molecular weight is 326 g/mol. The van der Waals surface area contributed by atoms with E-state index in [0.29, 0.717) is 0 Å². The summed E-state index contributed by atoms with van der Waals surface area (Å²) in [5.74, 6) is 0. The summed E-state index contributed by atoms with van der Waals surface area (Å²) in [6.07, 6.45) is 0. The van der Waals surface area contributed by atoms with Crippen LogP contribution < -0.4 is 0 Å². The smallest absolute Gasteiger partial charge is 0.412 e. The van der Waals surface area contributed by atoms with Crippen molar-refractivity contribution in [3.05, 3.63) is 22.3 Å². The fraction of sp³-hybridized carbons (Fsp3) is 0. The van der Waals surface area contributed by atoms with Crippen LogP contribution in [-0.2, 0) is 0 Å². The van der Waals surface area contributed by atoms with Gasteiger partial charge in [-0.3, -0.25) is 0 Å². The van der Waals surface area contributed by atoms with Gasteiger partial charge >= 0.3 is 46.9 Å². The predicted octanol–water partition coefficient (Wildman–Crippen LogP) is -3.60. The SMILES string of the molecule is O.O.O.O.O.O.[CH3-].[CH3-].[CH3-].[Yb+3]. The van der Waals surface area contributed by atoms with Gasteiger partial charge in [-0.15, -0.1) is 0 Å². The Hall–Kier alpha value is 1.28. The monoisotopic (exact) mass is 327 g/mol. The first kappa shape index (κ1) is 728. The quantitative estimate of drug-likeness (QED) is 0.398. The number of rotatable bonds is 0. The zero-order valence-corrected chi connectivity index (χ0v) is 7.98. The fourth-order valence-electron chi connectivity index (χ4n) is 0. The molecule has 10 heavy (non-hydrogen) atoms. The Labute approximate surface area is 101 Å². The molecule has 0 saturated carbocycles. The van der Waals surface area contributed by atoms with Crippen LogP contribution in [0.3, 0.4) is 0 Å². The Kier molecular flexibility index (Phi) is 39400. The van der Waals surface area contributed by atoms with E-state index in [1.165, 1.54) is 0 Å². The molecule has 83 valence electrons. The van der Waals surface area contributed by atoms with Crippen LogP contribution in [0.2, 0.25) is 0 Å². The zero-order valence-electron chi connectivity index (χ0n) is 6.27. The molecule has 1 radical (unpaired) electrons. The Morgan fingerprint density at radius 3 is 0.300 bits per heavy atom. The summed E-state index contributed by atoms with van der Waals surface area (Å²) in [6, 6.07) is 0. The molecule has 0 unspecified atom stereocenters. The minimum absolute atomic E-state index is 0. The van der Waals surface area contributed by atoms with Crippen molar-refractivity contribution in [3.63, 3.8) is 0 Å². The second kappa shape index (κ2) is 541. The van der Waals surface area contributed by atoms with Gasteiger partial charge in [0, 0.05) is 0 Å². The molecule has 6 nitrogen and oxygen atoms in total. The van der Waals surface area contributed by atoms with Crippen molar-refractivity contribution in [1.82, 2.24) is 0 Å². The molecule has 0 atom stereocenters. The minimum atomic E-state index is 0. The van der Waals surface area contributed by atoms with Crippen LogP contribution in [0.25, 0.3) is 0 Å². The normalized spacial score (nSPS) is 0. The first-order chi connectivity index (χ1) is 0. The molecule has 0 saturated heterocycles. The van der Waals surface area contributed by atoms with Gasteiger partial charge in [-0.05, 0) is 0 Å². The van der Waals surface area contributed by atoms with E-state index < -0.39 is 0 Å². The van der Waals surface area contributed by atoms with Gasteiger partial charge < -0.3 is 55.1 Å². The van der Waals surface area contributed by atoms with Crippen molar-refractivity contribution in [2.75, 3.05) is 0 Å². The van der Waals surface area contributed by atoms with E-state index >= 15 is 0 Å². The molecular weight excluding hydrogens is 305 g/mol. The molecule has 0 aromatic rings. The van der Waals surface area contributed by atoms with E-state index in [4.69, 9.17) is 0 Å². The number of hydrogen-bond donors (Lipinski definition) is 0. The summed E-state index contributed by atoms with van der Waals surface area (Å²) in [6.45, 7) is 0. The molecule has 0 spiro atoms. The van der Waals surface area contributed by atoms with E-state index in [0.717, 1.165) is 0 Å². The average Bonchev–Trinajstić information content (AvgIpc) is 0. The van der Waals surface area contributed by atoms with Crippen molar-refractivity contribution in [1.29, 1.82) is 0 Å². The van der Waals surface area contributed by atoms with E-state index in [1.807, 2.05) is 0 Å². The van der Waals surface area contributed by atoms with Crippen LogP contribution in [0, 0.1) is 69.2 Å². The molecule has 0 aliphatic carbocycles. The van der Waals surface area contributed by atoms with Crippen molar-refractivity contribution >= 4 is 0 Å². The zero-order chi connectivity index (χ0) is 0. The van der Waals surface area contributed by atoms with E-state index in [2.05, 4.69) is 0 Å². The van der Waals surface area contributed by atoms with E-state index in [9.17, 15) is 0 Å². The summed E-state index contributed by atoms with van der Waals surface area (Å²) in [5, 5.41) is 0. The third kappa shape index (κ3) is 389. The Morgan fingerprint density at radius 2 is 0.300 bits per heavy atom. The maximum Gasteiger partial charge on any atom is 3.00 e. The van der Waals surface area contributed by atoms with Crippen molar-refractivity contribution in [3.8, 4) is 0 Å².